The van der Waals surface area contributed by atoms with E-state index in [4.69, 9.17) is 5.73 Å². The summed E-state index contributed by atoms with van der Waals surface area (Å²) in [5.41, 5.74) is 8.64. The lowest BCUT2D eigenvalue weighted by Gasteiger charge is -2.22. The summed E-state index contributed by atoms with van der Waals surface area (Å²) in [4.78, 5) is 0. The predicted molar refractivity (Wildman–Crippen MR) is 78.4 cm³/mol. The second-order valence-corrected chi connectivity index (χ2v) is 4.75. The molecule has 0 aliphatic carbocycles. The van der Waals surface area contributed by atoms with E-state index in [-0.39, 0.29) is 11.7 Å². The molecule has 0 bridgehead atoms. The first-order valence-corrected chi connectivity index (χ1v) is 6.45. The Morgan fingerprint density at radius 2 is 1.65 bits per heavy atom. The van der Waals surface area contributed by atoms with Crippen molar-refractivity contribution in [2.75, 3.05) is 0 Å². The number of nitrogens with two attached hydrogens (primary N) is 1. The molecule has 0 aromatic heterocycles. The topological polar surface area (TPSA) is 50.7 Å². The molecule has 1 unspecified atom stereocenters. The zero-order chi connectivity index (χ0) is 13.9. The molecule has 1 aliphatic rings. The Labute approximate surface area is 116 Å². The van der Waals surface area contributed by atoms with Crippen LogP contribution in [0.4, 0.5) is 4.39 Å². The number of hydrogen-bond donors (Lipinski definition) is 1. The highest BCUT2D eigenvalue weighted by Crippen LogP contribution is 2.27. The van der Waals surface area contributed by atoms with Crippen LogP contribution in [0, 0.1) is 5.82 Å². The summed E-state index contributed by atoms with van der Waals surface area (Å²) in [6.45, 7) is 0. The maximum absolute atomic E-state index is 13.0. The number of amidine groups is 1. The van der Waals surface area contributed by atoms with Gasteiger partial charge in [0.15, 0.2) is 0 Å². The molecule has 3 nitrogen and oxygen atoms in total. The van der Waals surface area contributed by atoms with Crippen LogP contribution in [-0.2, 0) is 0 Å². The van der Waals surface area contributed by atoms with Gasteiger partial charge < -0.3 is 5.73 Å². The molecule has 1 heterocycles. The lowest BCUT2D eigenvalue weighted by atomic mass is 9.86. The first kappa shape index (κ1) is 12.5. The van der Waals surface area contributed by atoms with Crippen LogP contribution >= 0.6 is 0 Å². The van der Waals surface area contributed by atoms with Crippen molar-refractivity contribution < 1.29 is 4.39 Å². The summed E-state index contributed by atoms with van der Waals surface area (Å²) in [6, 6.07) is 16.3. The third-order valence-electron chi connectivity index (χ3n) is 3.37. The van der Waals surface area contributed by atoms with Crippen LogP contribution in [-0.4, -0.2) is 11.5 Å². The number of rotatable bonds is 2. The highest BCUT2D eigenvalue weighted by Gasteiger charge is 2.24. The molecule has 1 aliphatic heterocycles. The Kier molecular flexibility index (Phi) is 3.29. The summed E-state index contributed by atoms with van der Waals surface area (Å²) in [5.74, 6) is 0.313. The Hall–Kier alpha value is -2.49. The number of nitrogens with zero attached hydrogens (tertiary/aromatic N) is 2. The molecule has 0 saturated heterocycles. The largest absolute Gasteiger partial charge is 0.386 e. The second-order valence-electron chi connectivity index (χ2n) is 4.75. The number of halogens is 1. The number of benzene rings is 2. The van der Waals surface area contributed by atoms with Crippen molar-refractivity contribution >= 4 is 11.5 Å². The van der Waals surface area contributed by atoms with Crippen LogP contribution in [0.2, 0.25) is 0 Å². The predicted octanol–water partition coefficient (Wildman–Crippen LogP) is 3.07. The van der Waals surface area contributed by atoms with E-state index in [2.05, 4.69) is 10.2 Å². The van der Waals surface area contributed by atoms with Crippen molar-refractivity contribution in [3.8, 4) is 0 Å². The Morgan fingerprint density at radius 3 is 2.35 bits per heavy atom. The van der Waals surface area contributed by atoms with Crippen molar-refractivity contribution in [3.63, 3.8) is 0 Å². The van der Waals surface area contributed by atoms with Crippen LogP contribution in [0.25, 0.3) is 0 Å². The fraction of sp³-hybridized carbons (Fsp3) is 0.125. The van der Waals surface area contributed by atoms with Gasteiger partial charge in [-0.1, -0.05) is 42.5 Å². The molecule has 100 valence electrons. The highest BCUT2D eigenvalue weighted by molar-refractivity contribution is 6.08. The maximum atomic E-state index is 13.0. The summed E-state index contributed by atoms with van der Waals surface area (Å²) >= 11 is 0. The van der Waals surface area contributed by atoms with Gasteiger partial charge in [0, 0.05) is 12.3 Å². The standard InChI is InChI=1S/C16H14FN3/c17-13-8-6-12(7-9-13)16-14(10-15(18)19-20-16)11-4-2-1-3-5-11/h1-9,14H,10H2,(H2,18,19). The zero-order valence-corrected chi connectivity index (χ0v) is 10.8. The van der Waals surface area contributed by atoms with E-state index in [0.29, 0.717) is 12.3 Å². The fourth-order valence-electron chi connectivity index (χ4n) is 2.38. The Balaban J connectivity index is 2.03. The zero-order valence-electron chi connectivity index (χ0n) is 10.8. The van der Waals surface area contributed by atoms with Crippen molar-refractivity contribution in [2.45, 2.75) is 12.3 Å². The molecule has 2 aromatic carbocycles. The molecule has 0 amide bonds. The maximum Gasteiger partial charge on any atom is 0.123 e. The van der Waals surface area contributed by atoms with Crippen LogP contribution in [0.5, 0.6) is 0 Å². The van der Waals surface area contributed by atoms with E-state index >= 15 is 0 Å². The lowest BCUT2D eigenvalue weighted by molar-refractivity contribution is 0.627. The molecular weight excluding hydrogens is 253 g/mol. The normalized spacial score (nSPS) is 18.4. The van der Waals surface area contributed by atoms with Crippen molar-refractivity contribution in [1.29, 1.82) is 0 Å². The summed E-state index contributed by atoms with van der Waals surface area (Å²) in [6.07, 6.45) is 0.625. The van der Waals surface area contributed by atoms with Gasteiger partial charge in [-0.3, -0.25) is 0 Å². The van der Waals surface area contributed by atoms with Gasteiger partial charge >= 0.3 is 0 Å². The van der Waals surface area contributed by atoms with E-state index in [1.165, 1.54) is 12.1 Å². The third-order valence-corrected chi connectivity index (χ3v) is 3.37. The van der Waals surface area contributed by atoms with E-state index in [0.717, 1.165) is 16.8 Å². The SMILES string of the molecule is NC1=NN=C(c2ccc(F)cc2)C(c2ccccc2)C1. The lowest BCUT2D eigenvalue weighted by Crippen LogP contribution is -2.25. The second kappa shape index (κ2) is 5.25. The first-order chi connectivity index (χ1) is 9.74. The van der Waals surface area contributed by atoms with E-state index in [1.807, 2.05) is 30.3 Å². The van der Waals surface area contributed by atoms with Crippen LogP contribution in [0.15, 0.2) is 64.8 Å². The molecule has 0 saturated carbocycles. The van der Waals surface area contributed by atoms with Gasteiger partial charge in [0.05, 0.1) is 5.71 Å². The van der Waals surface area contributed by atoms with E-state index in [1.54, 1.807) is 12.1 Å². The van der Waals surface area contributed by atoms with Gasteiger partial charge in [0.25, 0.3) is 0 Å². The average molecular weight is 267 g/mol. The van der Waals surface area contributed by atoms with Gasteiger partial charge in [0.2, 0.25) is 0 Å². The minimum Gasteiger partial charge on any atom is -0.386 e. The number of hydrogen-bond acceptors (Lipinski definition) is 3. The molecule has 20 heavy (non-hydrogen) atoms. The smallest absolute Gasteiger partial charge is 0.123 e. The average Bonchev–Trinajstić information content (AvgIpc) is 2.49. The monoisotopic (exact) mass is 267 g/mol. The summed E-state index contributed by atoms with van der Waals surface area (Å²) in [7, 11) is 0. The molecule has 2 N–H and O–H groups in total. The van der Waals surface area contributed by atoms with Gasteiger partial charge in [0.1, 0.15) is 11.7 Å². The third kappa shape index (κ3) is 2.45. The quantitative estimate of drug-likeness (QED) is 0.893. The molecule has 2 aromatic rings. The van der Waals surface area contributed by atoms with Crippen LogP contribution < -0.4 is 5.73 Å². The van der Waals surface area contributed by atoms with Crippen molar-refractivity contribution in [3.05, 3.63) is 71.5 Å². The van der Waals surface area contributed by atoms with Gasteiger partial charge in [-0.15, -0.1) is 5.10 Å². The molecule has 1 atom stereocenters. The summed E-state index contributed by atoms with van der Waals surface area (Å²) < 4.78 is 13.0. The Bertz CT molecular complexity index is 660. The summed E-state index contributed by atoms with van der Waals surface area (Å²) in [5, 5.41) is 8.20. The Morgan fingerprint density at radius 1 is 0.950 bits per heavy atom. The molecule has 4 heteroatoms. The minimum atomic E-state index is -0.260. The molecule has 0 fully saturated rings. The van der Waals surface area contributed by atoms with Gasteiger partial charge in [-0.2, -0.15) is 5.10 Å². The fourth-order valence-corrected chi connectivity index (χ4v) is 2.38. The van der Waals surface area contributed by atoms with Gasteiger partial charge in [-0.05, 0) is 23.3 Å². The van der Waals surface area contributed by atoms with Crippen molar-refractivity contribution in [2.24, 2.45) is 15.9 Å². The molecular formula is C16H14FN3. The first-order valence-electron chi connectivity index (χ1n) is 6.45. The highest BCUT2D eigenvalue weighted by atomic mass is 19.1. The van der Waals surface area contributed by atoms with Crippen LogP contribution in [0.3, 0.4) is 0 Å². The van der Waals surface area contributed by atoms with E-state index in [9.17, 15) is 4.39 Å². The molecule has 0 radical (unpaired) electrons. The minimum absolute atomic E-state index is 0.0548. The van der Waals surface area contributed by atoms with Crippen molar-refractivity contribution in [1.82, 2.24) is 0 Å². The van der Waals surface area contributed by atoms with Crippen LogP contribution in [0.1, 0.15) is 23.5 Å². The molecule has 3 rings (SSSR count). The molecule has 0 spiro atoms. The van der Waals surface area contributed by atoms with E-state index < -0.39 is 0 Å². The van der Waals surface area contributed by atoms with Gasteiger partial charge in [-0.25, -0.2) is 4.39 Å².